The summed E-state index contributed by atoms with van der Waals surface area (Å²) in [6, 6.07) is 11.4. The molecule has 7 nitrogen and oxygen atoms in total. The lowest BCUT2D eigenvalue weighted by molar-refractivity contribution is 0.0303. The van der Waals surface area contributed by atoms with Gasteiger partial charge in [0.15, 0.2) is 5.65 Å². The first-order valence-electron chi connectivity index (χ1n) is 9.20. The highest BCUT2D eigenvalue weighted by Gasteiger charge is 2.23. The maximum Gasteiger partial charge on any atom is 0.257 e. The van der Waals surface area contributed by atoms with E-state index < -0.39 is 0 Å². The molecule has 0 saturated carbocycles. The molecule has 1 amide bonds. The lowest BCUT2D eigenvalue weighted by atomic mass is 10.1. The highest BCUT2D eigenvalue weighted by Crippen LogP contribution is 2.30. The molecule has 1 aliphatic heterocycles. The first kappa shape index (κ1) is 18.2. The predicted molar refractivity (Wildman–Crippen MR) is 107 cm³/mol. The van der Waals surface area contributed by atoms with Crippen molar-refractivity contribution in [1.82, 2.24) is 14.9 Å². The van der Waals surface area contributed by atoms with Crippen LogP contribution in [0.3, 0.4) is 0 Å². The van der Waals surface area contributed by atoms with Gasteiger partial charge in [-0.2, -0.15) is 0 Å². The molecule has 0 radical (unpaired) electrons. The van der Waals surface area contributed by atoms with Crippen LogP contribution in [0.25, 0.3) is 11.0 Å². The summed E-state index contributed by atoms with van der Waals surface area (Å²) in [5, 5.41) is 4.20. The average Bonchev–Trinajstić information content (AvgIpc) is 2.74. The maximum absolute atomic E-state index is 13.2. The molecule has 3 heterocycles. The van der Waals surface area contributed by atoms with Gasteiger partial charge in [-0.3, -0.25) is 4.79 Å². The van der Waals surface area contributed by atoms with Crippen LogP contribution in [-0.4, -0.2) is 54.2 Å². The SMILES string of the molecule is COc1ccc(Nc2c(C(=O)N3CCOCC3)cnc3nc(C)ccc23)cc1. The Bertz CT molecular complexity index is 998. The van der Waals surface area contributed by atoms with Gasteiger partial charge >= 0.3 is 0 Å². The lowest BCUT2D eigenvalue weighted by Gasteiger charge is -2.27. The van der Waals surface area contributed by atoms with E-state index in [4.69, 9.17) is 9.47 Å². The Labute approximate surface area is 163 Å². The fourth-order valence-electron chi connectivity index (χ4n) is 3.22. The van der Waals surface area contributed by atoms with Gasteiger partial charge in [0.1, 0.15) is 5.75 Å². The van der Waals surface area contributed by atoms with Crippen molar-refractivity contribution in [3.63, 3.8) is 0 Å². The van der Waals surface area contributed by atoms with Gasteiger partial charge in [0, 0.05) is 36.1 Å². The lowest BCUT2D eigenvalue weighted by Crippen LogP contribution is -2.41. The number of benzene rings is 1. The smallest absolute Gasteiger partial charge is 0.257 e. The molecule has 28 heavy (non-hydrogen) atoms. The average molecular weight is 378 g/mol. The van der Waals surface area contributed by atoms with E-state index in [-0.39, 0.29) is 5.91 Å². The minimum Gasteiger partial charge on any atom is -0.497 e. The van der Waals surface area contributed by atoms with Crippen molar-refractivity contribution >= 4 is 28.3 Å². The number of pyridine rings is 2. The second-order valence-corrected chi connectivity index (χ2v) is 6.63. The highest BCUT2D eigenvalue weighted by molar-refractivity contribution is 6.07. The van der Waals surface area contributed by atoms with Crippen molar-refractivity contribution in [2.75, 3.05) is 38.7 Å². The van der Waals surface area contributed by atoms with E-state index >= 15 is 0 Å². The fourth-order valence-corrected chi connectivity index (χ4v) is 3.22. The number of methoxy groups -OCH3 is 1. The standard InChI is InChI=1S/C21H22N4O3/c1-14-3-8-17-19(24-15-4-6-16(27-2)7-5-15)18(13-22-20(17)23-14)21(26)25-9-11-28-12-10-25/h3-8,13H,9-12H2,1-2H3,(H,22,23,24). The summed E-state index contributed by atoms with van der Waals surface area (Å²) in [6.45, 7) is 4.17. The number of nitrogens with zero attached hydrogens (tertiary/aromatic N) is 3. The van der Waals surface area contributed by atoms with Crippen LogP contribution in [0.2, 0.25) is 0 Å². The molecule has 7 heteroatoms. The zero-order valence-corrected chi connectivity index (χ0v) is 15.9. The molecule has 4 rings (SSSR count). The van der Waals surface area contributed by atoms with Gasteiger partial charge < -0.3 is 19.7 Å². The number of aryl methyl sites for hydroxylation is 1. The van der Waals surface area contributed by atoms with E-state index in [1.807, 2.05) is 43.3 Å². The van der Waals surface area contributed by atoms with Crippen LogP contribution in [0.4, 0.5) is 11.4 Å². The third kappa shape index (κ3) is 3.61. The third-order valence-corrected chi connectivity index (χ3v) is 4.76. The van der Waals surface area contributed by atoms with Crippen molar-refractivity contribution in [2.45, 2.75) is 6.92 Å². The molecule has 1 aliphatic rings. The number of morpholine rings is 1. The zero-order valence-electron chi connectivity index (χ0n) is 15.9. The number of hydrogen-bond donors (Lipinski definition) is 1. The number of fused-ring (bicyclic) bond motifs is 1. The molecule has 0 spiro atoms. The summed E-state index contributed by atoms with van der Waals surface area (Å²) in [7, 11) is 1.63. The van der Waals surface area contributed by atoms with E-state index in [0.717, 1.165) is 22.5 Å². The van der Waals surface area contributed by atoms with Crippen molar-refractivity contribution < 1.29 is 14.3 Å². The molecule has 1 N–H and O–H groups in total. The molecule has 0 atom stereocenters. The van der Waals surface area contributed by atoms with Crippen LogP contribution in [0, 0.1) is 6.92 Å². The number of nitrogens with one attached hydrogen (secondary N) is 1. The number of carbonyl (C=O) groups is 1. The van der Waals surface area contributed by atoms with Gasteiger partial charge in [-0.1, -0.05) is 0 Å². The second kappa shape index (κ2) is 7.82. The van der Waals surface area contributed by atoms with E-state index in [2.05, 4.69) is 15.3 Å². The number of amides is 1. The third-order valence-electron chi connectivity index (χ3n) is 4.76. The molecule has 0 aliphatic carbocycles. The first-order valence-corrected chi connectivity index (χ1v) is 9.20. The Morgan fingerprint density at radius 2 is 1.89 bits per heavy atom. The van der Waals surface area contributed by atoms with Crippen molar-refractivity contribution in [3.8, 4) is 5.75 Å². The van der Waals surface area contributed by atoms with Gasteiger partial charge in [0.2, 0.25) is 0 Å². The minimum atomic E-state index is -0.0608. The van der Waals surface area contributed by atoms with Gasteiger partial charge in [-0.25, -0.2) is 9.97 Å². The molecule has 2 aromatic heterocycles. The summed E-state index contributed by atoms with van der Waals surface area (Å²) >= 11 is 0. The number of hydrogen-bond acceptors (Lipinski definition) is 6. The number of anilines is 2. The molecule has 1 saturated heterocycles. The van der Waals surface area contributed by atoms with Gasteiger partial charge in [0.25, 0.3) is 5.91 Å². The minimum absolute atomic E-state index is 0.0608. The largest absolute Gasteiger partial charge is 0.497 e. The molecule has 0 bridgehead atoms. The number of ether oxygens (including phenoxy) is 2. The predicted octanol–water partition coefficient (Wildman–Crippen LogP) is 3.16. The van der Waals surface area contributed by atoms with Crippen LogP contribution in [0.1, 0.15) is 16.1 Å². The van der Waals surface area contributed by atoms with Gasteiger partial charge in [0.05, 0.1) is 31.6 Å². The Hall–Kier alpha value is -3.19. The fraction of sp³-hybridized carbons (Fsp3) is 0.286. The summed E-state index contributed by atoms with van der Waals surface area (Å²) < 4.78 is 10.6. The van der Waals surface area contributed by atoms with Gasteiger partial charge in [-0.05, 0) is 43.3 Å². The van der Waals surface area contributed by atoms with E-state index in [9.17, 15) is 4.79 Å². The summed E-state index contributed by atoms with van der Waals surface area (Å²) in [5.74, 6) is 0.710. The van der Waals surface area contributed by atoms with Crippen molar-refractivity contribution in [2.24, 2.45) is 0 Å². The van der Waals surface area contributed by atoms with Crippen molar-refractivity contribution in [1.29, 1.82) is 0 Å². The Morgan fingerprint density at radius 3 is 2.61 bits per heavy atom. The van der Waals surface area contributed by atoms with Crippen LogP contribution in [0.5, 0.6) is 5.75 Å². The normalized spacial score (nSPS) is 14.1. The van der Waals surface area contributed by atoms with Crippen LogP contribution < -0.4 is 10.1 Å². The van der Waals surface area contributed by atoms with Gasteiger partial charge in [-0.15, -0.1) is 0 Å². The summed E-state index contributed by atoms with van der Waals surface area (Å²) in [6.07, 6.45) is 1.61. The van der Waals surface area contributed by atoms with Crippen molar-refractivity contribution in [3.05, 3.63) is 53.9 Å². The van der Waals surface area contributed by atoms with Crippen LogP contribution >= 0.6 is 0 Å². The maximum atomic E-state index is 13.2. The molecule has 3 aromatic rings. The molecule has 1 fully saturated rings. The molecular formula is C21H22N4O3. The first-order chi connectivity index (χ1) is 13.7. The Balaban J connectivity index is 1.78. The number of carbonyl (C=O) groups excluding carboxylic acids is 1. The Kier molecular flexibility index (Phi) is 5.08. The molecule has 144 valence electrons. The zero-order chi connectivity index (χ0) is 19.5. The van der Waals surface area contributed by atoms with Crippen LogP contribution in [0.15, 0.2) is 42.6 Å². The molecule has 1 aromatic carbocycles. The summed E-state index contributed by atoms with van der Waals surface area (Å²) in [4.78, 5) is 23.9. The van der Waals surface area contributed by atoms with E-state index in [1.165, 1.54) is 0 Å². The van der Waals surface area contributed by atoms with E-state index in [1.54, 1.807) is 18.2 Å². The quantitative estimate of drug-likeness (QED) is 0.752. The van der Waals surface area contributed by atoms with E-state index in [0.29, 0.717) is 43.2 Å². The topological polar surface area (TPSA) is 76.6 Å². The second-order valence-electron chi connectivity index (χ2n) is 6.63. The van der Waals surface area contributed by atoms with Crippen LogP contribution in [-0.2, 0) is 4.74 Å². The number of aromatic nitrogens is 2. The summed E-state index contributed by atoms with van der Waals surface area (Å²) in [5.41, 5.74) is 3.57. The highest BCUT2D eigenvalue weighted by atomic mass is 16.5. The molecular weight excluding hydrogens is 356 g/mol. The Morgan fingerprint density at radius 1 is 1.14 bits per heavy atom. The monoisotopic (exact) mass is 378 g/mol. The molecule has 0 unspecified atom stereocenters. The number of rotatable bonds is 4.